The Morgan fingerprint density at radius 3 is 2.44 bits per heavy atom. The van der Waals surface area contributed by atoms with Gasteiger partial charge in [-0.05, 0) is 30.3 Å². The molecule has 0 radical (unpaired) electrons. The first-order valence-electron chi connectivity index (χ1n) is 5.19. The summed E-state index contributed by atoms with van der Waals surface area (Å²) in [5, 5.41) is 0. The van der Waals surface area contributed by atoms with Crippen LogP contribution in [0.2, 0.25) is 0 Å². The number of alkyl halides is 3. The van der Waals surface area contributed by atoms with E-state index in [-0.39, 0.29) is 0 Å². The van der Waals surface area contributed by atoms with Crippen LogP contribution in [0.1, 0.15) is 5.56 Å². The van der Waals surface area contributed by atoms with Gasteiger partial charge < -0.3 is 4.74 Å². The second-order valence-corrected chi connectivity index (χ2v) is 3.63. The van der Waals surface area contributed by atoms with E-state index in [1.165, 1.54) is 19.4 Å². The smallest absolute Gasteiger partial charge is 0.416 e. The summed E-state index contributed by atoms with van der Waals surface area (Å²) in [6.45, 7) is 0. The molecule has 1 aromatic heterocycles. The van der Waals surface area contributed by atoms with Crippen molar-refractivity contribution < 1.29 is 17.9 Å². The SMILES string of the molecule is COc1ccc(C(F)(F)F)cc1-c1ccccn1. The number of hydrogen-bond donors (Lipinski definition) is 0. The number of ether oxygens (including phenoxy) is 1. The van der Waals surface area contributed by atoms with Gasteiger partial charge in [0.25, 0.3) is 0 Å². The van der Waals surface area contributed by atoms with Gasteiger partial charge in [0.1, 0.15) is 5.75 Å². The normalized spacial score (nSPS) is 11.3. The molecule has 2 rings (SSSR count). The molecule has 0 atom stereocenters. The van der Waals surface area contributed by atoms with Crippen LogP contribution in [0.25, 0.3) is 11.3 Å². The maximum atomic E-state index is 12.7. The van der Waals surface area contributed by atoms with Gasteiger partial charge in [0.15, 0.2) is 0 Å². The summed E-state index contributed by atoms with van der Waals surface area (Å²) >= 11 is 0. The van der Waals surface area contributed by atoms with Gasteiger partial charge in [-0.2, -0.15) is 13.2 Å². The number of benzene rings is 1. The van der Waals surface area contributed by atoms with Crippen molar-refractivity contribution in [3.05, 3.63) is 48.2 Å². The highest BCUT2D eigenvalue weighted by Gasteiger charge is 2.31. The van der Waals surface area contributed by atoms with Crippen LogP contribution < -0.4 is 4.74 Å². The first kappa shape index (κ1) is 12.4. The molecule has 0 spiro atoms. The third-order valence-corrected chi connectivity index (χ3v) is 2.47. The fourth-order valence-corrected chi connectivity index (χ4v) is 1.61. The molecule has 2 nitrogen and oxygen atoms in total. The van der Waals surface area contributed by atoms with E-state index in [2.05, 4.69) is 4.98 Å². The van der Waals surface area contributed by atoms with Crippen molar-refractivity contribution in [2.45, 2.75) is 6.18 Å². The average molecular weight is 253 g/mol. The molecule has 0 amide bonds. The van der Waals surface area contributed by atoms with E-state index in [0.29, 0.717) is 17.0 Å². The summed E-state index contributed by atoms with van der Waals surface area (Å²) in [5.74, 6) is 0.363. The second kappa shape index (κ2) is 4.68. The Morgan fingerprint density at radius 1 is 1.11 bits per heavy atom. The molecule has 0 aliphatic rings. The lowest BCUT2D eigenvalue weighted by Crippen LogP contribution is -2.05. The molecule has 94 valence electrons. The molecule has 1 aromatic carbocycles. The minimum absolute atomic E-state index is 0.327. The van der Waals surface area contributed by atoms with Crippen molar-refractivity contribution in [1.29, 1.82) is 0 Å². The lowest BCUT2D eigenvalue weighted by molar-refractivity contribution is -0.137. The predicted octanol–water partition coefficient (Wildman–Crippen LogP) is 3.78. The van der Waals surface area contributed by atoms with E-state index in [1.807, 2.05) is 0 Å². The molecule has 2 aromatic rings. The van der Waals surface area contributed by atoms with Gasteiger partial charge in [-0.1, -0.05) is 6.07 Å². The molecular weight excluding hydrogens is 243 g/mol. The molecule has 0 N–H and O–H groups in total. The average Bonchev–Trinajstić information content (AvgIpc) is 2.38. The van der Waals surface area contributed by atoms with Gasteiger partial charge in [-0.3, -0.25) is 4.98 Å². The van der Waals surface area contributed by atoms with E-state index in [0.717, 1.165) is 12.1 Å². The highest BCUT2D eigenvalue weighted by molar-refractivity contribution is 5.68. The van der Waals surface area contributed by atoms with Gasteiger partial charge in [-0.15, -0.1) is 0 Å². The quantitative estimate of drug-likeness (QED) is 0.812. The van der Waals surface area contributed by atoms with Crippen LogP contribution in [0.3, 0.4) is 0 Å². The lowest BCUT2D eigenvalue weighted by Gasteiger charge is -2.12. The Balaban J connectivity index is 2.57. The highest BCUT2D eigenvalue weighted by atomic mass is 19.4. The molecule has 0 unspecified atom stereocenters. The van der Waals surface area contributed by atoms with E-state index >= 15 is 0 Å². The summed E-state index contributed by atoms with van der Waals surface area (Å²) in [4.78, 5) is 4.03. The summed E-state index contributed by atoms with van der Waals surface area (Å²) in [6, 6.07) is 8.38. The summed E-state index contributed by atoms with van der Waals surface area (Å²) in [5.41, 5.74) is 0.0531. The van der Waals surface area contributed by atoms with Crippen LogP contribution in [-0.4, -0.2) is 12.1 Å². The van der Waals surface area contributed by atoms with Crippen LogP contribution in [0.5, 0.6) is 5.75 Å². The van der Waals surface area contributed by atoms with E-state index in [4.69, 9.17) is 4.74 Å². The summed E-state index contributed by atoms with van der Waals surface area (Å²) in [6.07, 6.45) is -2.86. The van der Waals surface area contributed by atoms with Gasteiger partial charge in [-0.25, -0.2) is 0 Å². The first-order chi connectivity index (χ1) is 8.52. The number of pyridine rings is 1. The number of rotatable bonds is 2. The first-order valence-corrected chi connectivity index (χ1v) is 5.19. The van der Waals surface area contributed by atoms with Crippen LogP contribution in [0.15, 0.2) is 42.6 Å². The minimum atomic E-state index is -4.38. The molecule has 0 saturated heterocycles. The van der Waals surface area contributed by atoms with Crippen molar-refractivity contribution in [3.8, 4) is 17.0 Å². The topological polar surface area (TPSA) is 22.1 Å². The molecule has 0 aliphatic carbocycles. The molecule has 0 fully saturated rings. The molecular formula is C13H10F3NO. The molecule has 5 heteroatoms. The Morgan fingerprint density at radius 2 is 1.89 bits per heavy atom. The van der Waals surface area contributed by atoms with Crippen molar-refractivity contribution in [2.24, 2.45) is 0 Å². The maximum absolute atomic E-state index is 12.7. The predicted molar refractivity (Wildman–Crippen MR) is 61.2 cm³/mol. The number of halogens is 3. The monoisotopic (exact) mass is 253 g/mol. The maximum Gasteiger partial charge on any atom is 0.416 e. The van der Waals surface area contributed by atoms with Crippen molar-refractivity contribution in [3.63, 3.8) is 0 Å². The minimum Gasteiger partial charge on any atom is -0.496 e. The van der Waals surface area contributed by atoms with E-state index < -0.39 is 11.7 Å². The lowest BCUT2D eigenvalue weighted by atomic mass is 10.1. The van der Waals surface area contributed by atoms with E-state index in [9.17, 15) is 13.2 Å². The number of aromatic nitrogens is 1. The highest BCUT2D eigenvalue weighted by Crippen LogP contribution is 2.36. The summed E-state index contributed by atoms with van der Waals surface area (Å²) < 4.78 is 43.0. The molecule has 0 saturated carbocycles. The Labute approximate surface area is 102 Å². The van der Waals surface area contributed by atoms with Gasteiger partial charge >= 0.3 is 6.18 Å². The van der Waals surface area contributed by atoms with Gasteiger partial charge in [0, 0.05) is 11.8 Å². The van der Waals surface area contributed by atoms with Crippen molar-refractivity contribution in [1.82, 2.24) is 4.98 Å². The number of hydrogen-bond acceptors (Lipinski definition) is 2. The van der Waals surface area contributed by atoms with E-state index in [1.54, 1.807) is 18.2 Å². The van der Waals surface area contributed by atoms with Crippen molar-refractivity contribution in [2.75, 3.05) is 7.11 Å². The van der Waals surface area contributed by atoms with Crippen LogP contribution >= 0.6 is 0 Å². The zero-order valence-corrected chi connectivity index (χ0v) is 9.53. The van der Waals surface area contributed by atoms with Crippen LogP contribution in [0.4, 0.5) is 13.2 Å². The largest absolute Gasteiger partial charge is 0.496 e. The Kier molecular flexibility index (Phi) is 3.23. The number of methoxy groups -OCH3 is 1. The summed E-state index contributed by atoms with van der Waals surface area (Å²) in [7, 11) is 1.41. The molecule has 0 aliphatic heterocycles. The Hall–Kier alpha value is -2.04. The van der Waals surface area contributed by atoms with Gasteiger partial charge in [0.05, 0.1) is 18.4 Å². The van der Waals surface area contributed by atoms with Crippen LogP contribution in [0, 0.1) is 0 Å². The second-order valence-electron chi connectivity index (χ2n) is 3.63. The standard InChI is InChI=1S/C13H10F3NO/c1-18-12-6-5-9(13(14,15)16)8-10(12)11-4-2-3-7-17-11/h2-8H,1H3. The molecule has 1 heterocycles. The third-order valence-electron chi connectivity index (χ3n) is 2.47. The fraction of sp³-hybridized carbons (Fsp3) is 0.154. The third kappa shape index (κ3) is 2.45. The zero-order chi connectivity index (χ0) is 13.2. The number of nitrogens with zero attached hydrogens (tertiary/aromatic N) is 1. The van der Waals surface area contributed by atoms with Crippen molar-refractivity contribution >= 4 is 0 Å². The fourth-order valence-electron chi connectivity index (χ4n) is 1.61. The molecule has 0 bridgehead atoms. The molecule has 18 heavy (non-hydrogen) atoms. The van der Waals surface area contributed by atoms with Gasteiger partial charge in [0.2, 0.25) is 0 Å². The zero-order valence-electron chi connectivity index (χ0n) is 9.53. The Bertz CT molecular complexity index is 538. The van der Waals surface area contributed by atoms with Crippen LogP contribution in [-0.2, 0) is 6.18 Å².